The molecule has 0 aliphatic carbocycles. The Kier molecular flexibility index (Phi) is 6.36. The van der Waals surface area contributed by atoms with Crippen LogP contribution in [-0.2, 0) is 11.3 Å². The summed E-state index contributed by atoms with van der Waals surface area (Å²) in [5.74, 6) is 0.922. The quantitative estimate of drug-likeness (QED) is 0.842. The van der Waals surface area contributed by atoms with E-state index in [1.807, 2.05) is 37.7 Å². The van der Waals surface area contributed by atoms with Gasteiger partial charge in [-0.05, 0) is 37.4 Å². The Morgan fingerprint density at radius 2 is 2.22 bits per heavy atom. The Labute approximate surface area is 142 Å². The van der Waals surface area contributed by atoms with Crippen LogP contribution in [-0.4, -0.2) is 54.3 Å². The first-order valence-corrected chi connectivity index (χ1v) is 9.06. The smallest absolute Gasteiger partial charge is 0.321 e. The number of methoxy groups -OCH3 is 1. The van der Waals surface area contributed by atoms with Gasteiger partial charge in [0, 0.05) is 55.3 Å². The molecule has 1 aromatic carbocycles. The number of carbonyl (C=O) groups is 1. The van der Waals surface area contributed by atoms with E-state index < -0.39 is 0 Å². The van der Waals surface area contributed by atoms with Gasteiger partial charge in [0.05, 0.1) is 6.61 Å². The third-order valence-electron chi connectivity index (χ3n) is 3.95. The summed E-state index contributed by atoms with van der Waals surface area (Å²) in [6.45, 7) is 3.55. The zero-order valence-corrected chi connectivity index (χ0v) is 15.0. The lowest BCUT2D eigenvalue weighted by Gasteiger charge is -2.24. The highest BCUT2D eigenvalue weighted by Gasteiger charge is 2.15. The molecule has 0 radical (unpaired) electrons. The minimum Gasteiger partial charge on any atom is -0.383 e. The van der Waals surface area contributed by atoms with Crippen LogP contribution in [0.3, 0.4) is 0 Å². The van der Waals surface area contributed by atoms with Crippen LogP contribution < -0.4 is 5.32 Å². The van der Waals surface area contributed by atoms with Crippen LogP contribution in [0.15, 0.2) is 30.5 Å². The second-order valence-corrected chi connectivity index (χ2v) is 6.53. The largest absolute Gasteiger partial charge is 0.383 e. The standard InChI is InChI=1S/C17H25N3O2S/c1-13(12-23-4)19(2)17(21)18-15-5-6-16-14(11-15)7-8-20(16)9-10-22-3/h5-8,11,13H,9-10,12H2,1-4H3,(H,18,21)/t13-/m1/s1. The lowest BCUT2D eigenvalue weighted by molar-refractivity contribution is 0.188. The molecule has 1 N–H and O–H groups in total. The molecule has 23 heavy (non-hydrogen) atoms. The van der Waals surface area contributed by atoms with Crippen molar-refractivity contribution < 1.29 is 9.53 Å². The molecule has 5 nitrogen and oxygen atoms in total. The van der Waals surface area contributed by atoms with Crippen molar-refractivity contribution in [3.05, 3.63) is 30.5 Å². The number of fused-ring (bicyclic) bond motifs is 1. The van der Waals surface area contributed by atoms with Gasteiger partial charge < -0.3 is 19.5 Å². The van der Waals surface area contributed by atoms with Crippen molar-refractivity contribution in [2.75, 3.05) is 38.1 Å². The first kappa shape index (κ1) is 17.7. The van der Waals surface area contributed by atoms with Gasteiger partial charge in [-0.1, -0.05) is 0 Å². The summed E-state index contributed by atoms with van der Waals surface area (Å²) in [5.41, 5.74) is 1.96. The van der Waals surface area contributed by atoms with Crippen molar-refractivity contribution in [3.8, 4) is 0 Å². The van der Waals surface area contributed by atoms with Gasteiger partial charge >= 0.3 is 6.03 Å². The fraction of sp³-hybridized carbons (Fsp3) is 0.471. The number of hydrogen-bond donors (Lipinski definition) is 1. The van der Waals surface area contributed by atoms with Crippen LogP contribution in [0.5, 0.6) is 0 Å². The lowest BCUT2D eigenvalue weighted by Crippen LogP contribution is -2.39. The number of urea groups is 1. The van der Waals surface area contributed by atoms with E-state index in [-0.39, 0.29) is 12.1 Å². The van der Waals surface area contributed by atoms with Crippen LogP contribution in [0.25, 0.3) is 10.9 Å². The summed E-state index contributed by atoms with van der Waals surface area (Å²) < 4.78 is 7.27. The maximum absolute atomic E-state index is 12.3. The highest BCUT2D eigenvalue weighted by molar-refractivity contribution is 7.98. The van der Waals surface area contributed by atoms with E-state index in [9.17, 15) is 4.79 Å². The molecule has 1 heterocycles. The summed E-state index contributed by atoms with van der Waals surface area (Å²) in [6, 6.07) is 8.15. The van der Waals surface area contributed by atoms with Gasteiger partial charge in [-0.15, -0.1) is 0 Å². The van der Waals surface area contributed by atoms with Gasteiger partial charge in [0.25, 0.3) is 0 Å². The Bertz CT molecular complexity index is 656. The number of thioether (sulfide) groups is 1. The molecule has 1 atom stereocenters. The number of amides is 2. The van der Waals surface area contributed by atoms with E-state index in [0.29, 0.717) is 6.61 Å². The fourth-order valence-electron chi connectivity index (χ4n) is 2.43. The highest BCUT2D eigenvalue weighted by atomic mass is 32.2. The van der Waals surface area contributed by atoms with Crippen LogP contribution in [0.2, 0.25) is 0 Å². The molecule has 126 valence electrons. The monoisotopic (exact) mass is 335 g/mol. The summed E-state index contributed by atoms with van der Waals surface area (Å²) in [5, 5.41) is 4.08. The second kappa shape index (κ2) is 8.26. The van der Waals surface area contributed by atoms with E-state index >= 15 is 0 Å². The molecule has 0 spiro atoms. The van der Waals surface area contributed by atoms with Gasteiger partial charge in [-0.2, -0.15) is 11.8 Å². The van der Waals surface area contributed by atoms with Crippen LogP contribution in [0.1, 0.15) is 6.92 Å². The second-order valence-electron chi connectivity index (χ2n) is 5.62. The van der Waals surface area contributed by atoms with Gasteiger partial charge in [-0.25, -0.2) is 4.79 Å². The van der Waals surface area contributed by atoms with E-state index in [2.05, 4.69) is 22.9 Å². The molecule has 0 aliphatic heterocycles. The zero-order chi connectivity index (χ0) is 16.8. The molecule has 2 amide bonds. The lowest BCUT2D eigenvalue weighted by atomic mass is 10.2. The number of carbonyl (C=O) groups excluding carboxylic acids is 1. The Morgan fingerprint density at radius 3 is 2.91 bits per heavy atom. The maximum Gasteiger partial charge on any atom is 0.321 e. The minimum atomic E-state index is -0.0790. The molecular formula is C17H25N3O2S. The van der Waals surface area contributed by atoms with Crippen molar-refractivity contribution >= 4 is 34.4 Å². The molecule has 0 bridgehead atoms. The fourth-order valence-corrected chi connectivity index (χ4v) is 3.13. The molecular weight excluding hydrogens is 310 g/mol. The number of nitrogens with one attached hydrogen (secondary N) is 1. The summed E-state index contributed by atoms with van der Waals surface area (Å²) in [7, 11) is 3.53. The number of benzene rings is 1. The summed E-state index contributed by atoms with van der Waals surface area (Å²) in [4.78, 5) is 14.0. The Morgan fingerprint density at radius 1 is 1.43 bits per heavy atom. The Balaban J connectivity index is 2.07. The highest BCUT2D eigenvalue weighted by Crippen LogP contribution is 2.21. The topological polar surface area (TPSA) is 46.5 Å². The van der Waals surface area contributed by atoms with Crippen molar-refractivity contribution in [2.24, 2.45) is 0 Å². The van der Waals surface area contributed by atoms with E-state index in [4.69, 9.17) is 4.74 Å². The Hall–Kier alpha value is -1.66. The number of aromatic nitrogens is 1. The maximum atomic E-state index is 12.3. The van der Waals surface area contributed by atoms with Crippen molar-refractivity contribution in [3.63, 3.8) is 0 Å². The molecule has 2 aromatic rings. The average Bonchev–Trinajstić information content (AvgIpc) is 2.94. The van der Waals surface area contributed by atoms with E-state index in [1.165, 1.54) is 0 Å². The third-order valence-corrected chi connectivity index (χ3v) is 4.76. The zero-order valence-electron chi connectivity index (χ0n) is 14.2. The summed E-state index contributed by atoms with van der Waals surface area (Å²) in [6.07, 6.45) is 4.09. The third kappa shape index (κ3) is 4.42. The predicted molar refractivity (Wildman–Crippen MR) is 98.4 cm³/mol. The van der Waals surface area contributed by atoms with Crippen LogP contribution in [0.4, 0.5) is 10.5 Å². The van der Waals surface area contributed by atoms with Crippen molar-refractivity contribution in [1.29, 1.82) is 0 Å². The number of rotatable bonds is 7. The van der Waals surface area contributed by atoms with Gasteiger partial charge in [0.1, 0.15) is 0 Å². The van der Waals surface area contributed by atoms with Crippen LogP contribution >= 0.6 is 11.8 Å². The molecule has 1 aromatic heterocycles. The van der Waals surface area contributed by atoms with Gasteiger partial charge in [-0.3, -0.25) is 0 Å². The predicted octanol–water partition coefficient (Wildman–Crippen LogP) is 3.50. The molecule has 0 saturated carbocycles. The van der Waals surface area contributed by atoms with E-state index in [0.717, 1.165) is 28.9 Å². The molecule has 0 aliphatic rings. The average molecular weight is 335 g/mol. The van der Waals surface area contributed by atoms with Gasteiger partial charge in [0.2, 0.25) is 0 Å². The molecule has 0 fully saturated rings. The number of nitrogens with zero attached hydrogens (tertiary/aromatic N) is 2. The molecule has 2 rings (SSSR count). The molecule has 6 heteroatoms. The SMILES string of the molecule is COCCn1ccc2cc(NC(=O)N(C)[C@H](C)CSC)ccc21. The summed E-state index contributed by atoms with van der Waals surface area (Å²) >= 11 is 1.74. The molecule has 0 saturated heterocycles. The van der Waals surface area contributed by atoms with Gasteiger partial charge in [0.15, 0.2) is 0 Å². The number of ether oxygens (including phenoxy) is 1. The number of hydrogen-bond acceptors (Lipinski definition) is 3. The normalized spacial score (nSPS) is 12.3. The molecule has 0 unspecified atom stereocenters. The first-order chi connectivity index (χ1) is 11.1. The van der Waals surface area contributed by atoms with Crippen molar-refractivity contribution in [2.45, 2.75) is 19.5 Å². The van der Waals surface area contributed by atoms with Crippen molar-refractivity contribution in [1.82, 2.24) is 9.47 Å². The number of anilines is 1. The first-order valence-electron chi connectivity index (χ1n) is 7.67. The van der Waals surface area contributed by atoms with E-state index in [1.54, 1.807) is 23.8 Å². The minimum absolute atomic E-state index is 0.0790. The van der Waals surface area contributed by atoms with Crippen LogP contribution in [0, 0.1) is 0 Å².